The van der Waals surface area contributed by atoms with Crippen molar-refractivity contribution in [2.24, 2.45) is 4.99 Å². The number of amides is 1. The van der Waals surface area contributed by atoms with Crippen molar-refractivity contribution >= 4 is 11.7 Å². The molecule has 0 aliphatic carbocycles. The van der Waals surface area contributed by atoms with Crippen LogP contribution in [0.25, 0.3) is 0 Å². The molecule has 4 nitrogen and oxygen atoms in total. The predicted molar refractivity (Wildman–Crippen MR) is 85.8 cm³/mol. The van der Waals surface area contributed by atoms with Crippen LogP contribution < -0.4 is 0 Å². The van der Waals surface area contributed by atoms with Gasteiger partial charge in [0.15, 0.2) is 0 Å². The quantitative estimate of drug-likeness (QED) is 0.924. The topological polar surface area (TPSA) is 52.9 Å². The molecule has 0 radical (unpaired) electrons. The Morgan fingerprint density at radius 2 is 1.56 bits per heavy atom. The van der Waals surface area contributed by atoms with Crippen molar-refractivity contribution in [3.63, 3.8) is 0 Å². The number of amidine groups is 1. The van der Waals surface area contributed by atoms with E-state index in [1.807, 2.05) is 18.2 Å². The minimum absolute atomic E-state index is 0.0189. The molecule has 1 amide bonds. The molecule has 1 N–H and O–H groups in total. The second-order valence-electron chi connectivity index (χ2n) is 5.66. The second-order valence-corrected chi connectivity index (χ2v) is 5.66. The molecule has 7 heteroatoms. The Morgan fingerprint density at radius 1 is 1.00 bits per heavy atom. The molecule has 0 saturated carbocycles. The third kappa shape index (κ3) is 3.15. The molecular weight excluding hydrogens is 333 g/mol. The molecule has 0 aromatic heterocycles. The van der Waals surface area contributed by atoms with Crippen LogP contribution in [0.5, 0.6) is 0 Å². The molecule has 2 aromatic rings. The first kappa shape index (κ1) is 17.2. The van der Waals surface area contributed by atoms with Gasteiger partial charge >= 0.3 is 11.9 Å². The van der Waals surface area contributed by atoms with Gasteiger partial charge in [-0.15, -0.1) is 0 Å². The maximum Gasteiger partial charge on any atom is 0.448 e. The van der Waals surface area contributed by atoms with Crippen LogP contribution in [0.4, 0.5) is 13.2 Å². The molecule has 25 heavy (non-hydrogen) atoms. The Balaban J connectivity index is 1.94. The monoisotopic (exact) mass is 348 g/mol. The third-order valence-corrected chi connectivity index (χ3v) is 3.96. The van der Waals surface area contributed by atoms with E-state index in [4.69, 9.17) is 0 Å². The van der Waals surface area contributed by atoms with Crippen molar-refractivity contribution in [2.75, 3.05) is 6.54 Å². The van der Waals surface area contributed by atoms with E-state index in [1.165, 1.54) is 0 Å². The van der Waals surface area contributed by atoms with Gasteiger partial charge in [0.25, 0.3) is 5.91 Å². The fourth-order valence-corrected chi connectivity index (χ4v) is 2.63. The third-order valence-electron chi connectivity index (χ3n) is 3.96. The molecule has 3 rings (SSSR count). The highest BCUT2D eigenvalue weighted by molar-refractivity contribution is 6.14. The summed E-state index contributed by atoms with van der Waals surface area (Å²) in [6, 6.07) is 17.1. The van der Waals surface area contributed by atoms with Crippen molar-refractivity contribution < 1.29 is 23.1 Å². The Bertz CT molecular complexity index is 791. The molecule has 1 heterocycles. The van der Waals surface area contributed by atoms with E-state index in [2.05, 4.69) is 4.99 Å². The van der Waals surface area contributed by atoms with Gasteiger partial charge in [0.1, 0.15) is 5.84 Å². The van der Waals surface area contributed by atoms with Gasteiger partial charge in [0.2, 0.25) is 0 Å². The van der Waals surface area contributed by atoms with E-state index in [0.717, 1.165) is 10.5 Å². The average Bonchev–Trinajstić information content (AvgIpc) is 2.87. The second kappa shape index (κ2) is 6.33. The van der Waals surface area contributed by atoms with E-state index in [9.17, 15) is 23.1 Å². The Morgan fingerprint density at radius 3 is 2.12 bits per heavy atom. The van der Waals surface area contributed by atoms with Crippen LogP contribution in [0.15, 0.2) is 65.7 Å². The minimum atomic E-state index is -5.19. The van der Waals surface area contributed by atoms with Gasteiger partial charge in [-0.2, -0.15) is 13.2 Å². The summed E-state index contributed by atoms with van der Waals surface area (Å²) in [6.45, 7) is -0.0189. The molecule has 1 unspecified atom stereocenters. The van der Waals surface area contributed by atoms with Crippen LogP contribution in [0, 0.1) is 0 Å². The molecule has 0 spiro atoms. The fourth-order valence-electron chi connectivity index (χ4n) is 2.63. The van der Waals surface area contributed by atoms with Crippen molar-refractivity contribution in [1.29, 1.82) is 0 Å². The zero-order valence-electron chi connectivity index (χ0n) is 13.1. The maximum absolute atomic E-state index is 13.2. The normalized spacial score (nSPS) is 20.7. The van der Waals surface area contributed by atoms with Crippen molar-refractivity contribution in [3.8, 4) is 0 Å². The summed E-state index contributed by atoms with van der Waals surface area (Å²) in [5, 5.41) is 9.89. The van der Waals surface area contributed by atoms with Crippen molar-refractivity contribution in [2.45, 2.75) is 18.3 Å². The molecule has 1 aliphatic heterocycles. The first-order valence-corrected chi connectivity index (χ1v) is 7.63. The number of nitrogens with zero attached hydrogens (tertiary/aromatic N) is 2. The summed E-state index contributed by atoms with van der Waals surface area (Å²) in [6.07, 6.45) is -4.85. The van der Waals surface area contributed by atoms with Crippen LogP contribution in [0.3, 0.4) is 0 Å². The number of carbonyl (C=O) groups is 1. The molecule has 130 valence electrons. The lowest BCUT2D eigenvalue weighted by atomic mass is 10.1. The van der Waals surface area contributed by atoms with Crippen molar-refractivity contribution in [3.05, 3.63) is 71.8 Å². The first-order chi connectivity index (χ1) is 11.8. The minimum Gasteiger partial charge on any atom is -0.355 e. The molecule has 1 atom stereocenters. The summed E-state index contributed by atoms with van der Waals surface area (Å²) >= 11 is 0. The van der Waals surface area contributed by atoms with Gasteiger partial charge in [-0.1, -0.05) is 60.7 Å². The number of hydrogen-bond donors (Lipinski definition) is 1. The number of benzene rings is 2. The zero-order valence-corrected chi connectivity index (χ0v) is 13.1. The summed E-state index contributed by atoms with van der Waals surface area (Å²) in [4.78, 5) is 16.6. The van der Waals surface area contributed by atoms with Gasteiger partial charge in [-0.05, 0) is 12.0 Å². The van der Waals surface area contributed by atoms with Crippen LogP contribution >= 0.6 is 0 Å². The highest BCUT2D eigenvalue weighted by Gasteiger charge is 2.65. The van der Waals surface area contributed by atoms with Crippen molar-refractivity contribution in [1.82, 2.24) is 4.90 Å². The molecule has 1 aliphatic rings. The van der Waals surface area contributed by atoms with E-state index < -0.39 is 17.8 Å². The largest absolute Gasteiger partial charge is 0.448 e. The number of hydrogen-bond acceptors (Lipinski definition) is 3. The van der Waals surface area contributed by atoms with Crippen LogP contribution in [-0.2, 0) is 11.2 Å². The Hall–Kier alpha value is -2.67. The highest BCUT2D eigenvalue weighted by atomic mass is 19.4. The number of aliphatic hydroxyl groups is 1. The molecule has 0 fully saturated rings. The lowest BCUT2D eigenvalue weighted by molar-refractivity contribution is -0.248. The van der Waals surface area contributed by atoms with Crippen LogP contribution in [0.1, 0.15) is 11.1 Å². The number of aliphatic imine (C=N–C) groups is 1. The lowest BCUT2D eigenvalue weighted by Gasteiger charge is -2.23. The number of halogens is 3. The van der Waals surface area contributed by atoms with E-state index >= 15 is 0 Å². The molecule has 0 saturated heterocycles. The predicted octanol–water partition coefficient (Wildman–Crippen LogP) is 2.77. The maximum atomic E-state index is 13.2. The zero-order chi connectivity index (χ0) is 18.1. The Labute approximate surface area is 142 Å². The molecule has 0 bridgehead atoms. The summed E-state index contributed by atoms with van der Waals surface area (Å²) < 4.78 is 39.6. The van der Waals surface area contributed by atoms with Gasteiger partial charge < -0.3 is 5.11 Å². The van der Waals surface area contributed by atoms with Gasteiger partial charge in [-0.3, -0.25) is 9.69 Å². The first-order valence-electron chi connectivity index (χ1n) is 7.63. The van der Waals surface area contributed by atoms with Crippen LogP contribution in [0.2, 0.25) is 0 Å². The van der Waals surface area contributed by atoms with Gasteiger partial charge in [0, 0.05) is 12.1 Å². The summed E-state index contributed by atoms with van der Waals surface area (Å²) in [5.74, 6) is -1.66. The SMILES string of the molecule is O=C1N(CCc2ccccc2)C(c2ccccc2)=NC1(O)C(F)(F)F. The number of alkyl halides is 3. The standard InChI is InChI=1S/C18H15F3N2O2/c19-18(20,21)17(25)16(24)23(12-11-13-7-3-1-4-8-13)15(22-17)14-9-5-2-6-10-14/h1-10,25H,11-12H2. The summed E-state index contributed by atoms with van der Waals surface area (Å²) in [7, 11) is 0. The highest BCUT2D eigenvalue weighted by Crippen LogP contribution is 2.38. The van der Waals surface area contributed by atoms with Gasteiger partial charge in [0.05, 0.1) is 0 Å². The molecular formula is C18H15F3N2O2. The van der Waals surface area contributed by atoms with E-state index in [-0.39, 0.29) is 12.4 Å². The Kier molecular flexibility index (Phi) is 4.34. The average molecular weight is 348 g/mol. The fraction of sp³-hybridized carbons (Fsp3) is 0.222. The molecule has 2 aromatic carbocycles. The number of rotatable bonds is 4. The lowest BCUT2D eigenvalue weighted by Crippen LogP contribution is -2.52. The van der Waals surface area contributed by atoms with E-state index in [1.54, 1.807) is 42.5 Å². The number of carbonyl (C=O) groups excluding carboxylic acids is 1. The smallest absolute Gasteiger partial charge is 0.355 e. The van der Waals surface area contributed by atoms with Crippen LogP contribution in [-0.4, -0.2) is 40.2 Å². The van der Waals surface area contributed by atoms with E-state index in [0.29, 0.717) is 12.0 Å². The summed E-state index contributed by atoms with van der Waals surface area (Å²) in [5.41, 5.74) is -2.54. The van der Waals surface area contributed by atoms with Gasteiger partial charge in [-0.25, -0.2) is 4.99 Å².